The topological polar surface area (TPSA) is 20.2 Å². The number of aliphatic hydroxyl groups excluding tert-OH is 1. The Morgan fingerprint density at radius 3 is 1.40 bits per heavy atom. The number of hydrogen-bond acceptors (Lipinski definition) is 1. The number of rotatable bonds is 6. The molecule has 0 aromatic heterocycles. The van der Waals surface area contributed by atoms with Gasteiger partial charge >= 0.3 is 24.2 Å². The molecule has 11 heteroatoms. The minimum atomic E-state index is -6.18. The van der Waals surface area contributed by atoms with Crippen LogP contribution in [0, 0.1) is 0 Å². The molecule has 0 saturated carbocycles. The third-order valence-corrected chi connectivity index (χ3v) is 3.40. The molecule has 0 aliphatic carbocycles. The fourth-order valence-corrected chi connectivity index (χ4v) is 2.16. The van der Waals surface area contributed by atoms with Crippen LogP contribution in [-0.2, 0) is 18.3 Å². The van der Waals surface area contributed by atoms with E-state index in [1.54, 1.807) is 0 Å². The Hall–Kier alpha value is -1.52. The molecule has 0 aliphatic heterocycles. The van der Waals surface area contributed by atoms with Crippen molar-refractivity contribution in [2.75, 3.05) is 6.61 Å². The molecule has 1 aromatic carbocycles. The van der Waals surface area contributed by atoms with Crippen molar-refractivity contribution in [1.82, 2.24) is 0 Å². The molecule has 0 heterocycles. The zero-order chi connectivity index (χ0) is 19.7. The van der Waals surface area contributed by atoms with Crippen LogP contribution in [-0.4, -0.2) is 24.1 Å². The van der Waals surface area contributed by atoms with Crippen LogP contribution in [0.5, 0.6) is 0 Å². The first-order valence-electron chi connectivity index (χ1n) is 6.80. The van der Waals surface area contributed by atoms with Gasteiger partial charge in [0, 0.05) is 17.7 Å². The summed E-state index contributed by atoms with van der Waals surface area (Å²) in [5, 5.41) is 8.60. The summed E-state index contributed by atoms with van der Waals surface area (Å²) in [5.74, 6) is -11.2. The van der Waals surface area contributed by atoms with Crippen LogP contribution in [0.15, 0.2) is 18.2 Å². The highest BCUT2D eigenvalue weighted by Gasteiger charge is 2.63. The van der Waals surface area contributed by atoms with Gasteiger partial charge in [-0.2, -0.15) is 43.9 Å². The van der Waals surface area contributed by atoms with E-state index in [0.717, 1.165) is 0 Å². The first kappa shape index (κ1) is 21.5. The van der Waals surface area contributed by atoms with Gasteiger partial charge in [-0.1, -0.05) is 18.2 Å². The molecule has 1 N–H and O–H groups in total. The minimum Gasteiger partial charge on any atom is -0.396 e. The van der Waals surface area contributed by atoms with E-state index in [4.69, 9.17) is 5.11 Å². The summed E-state index contributed by atoms with van der Waals surface area (Å²) in [5.41, 5.74) is -5.35. The van der Waals surface area contributed by atoms with Crippen molar-refractivity contribution in [3.63, 3.8) is 0 Å². The van der Waals surface area contributed by atoms with Crippen molar-refractivity contribution in [3.05, 3.63) is 34.9 Å². The third-order valence-electron chi connectivity index (χ3n) is 3.40. The second-order valence-electron chi connectivity index (χ2n) is 5.16. The summed E-state index contributed by atoms with van der Waals surface area (Å²) in [7, 11) is 0. The van der Waals surface area contributed by atoms with Crippen molar-refractivity contribution in [1.29, 1.82) is 0 Å². The summed E-state index contributed by atoms with van der Waals surface area (Å²) >= 11 is 0. The van der Waals surface area contributed by atoms with Gasteiger partial charge in [-0.05, 0) is 24.8 Å². The predicted molar refractivity (Wildman–Crippen MR) is 66.4 cm³/mol. The van der Waals surface area contributed by atoms with E-state index >= 15 is 0 Å². The van der Waals surface area contributed by atoms with Crippen LogP contribution in [0.25, 0.3) is 0 Å². The first-order chi connectivity index (χ1) is 11.2. The second-order valence-corrected chi connectivity index (χ2v) is 5.16. The average molecular weight is 386 g/mol. The summed E-state index contributed by atoms with van der Waals surface area (Å²) in [4.78, 5) is 0. The smallest absolute Gasteiger partial charge is 0.396 e. The highest BCUT2D eigenvalue weighted by molar-refractivity contribution is 5.42. The summed E-state index contributed by atoms with van der Waals surface area (Å²) in [6.07, 6.45) is -13.8. The summed E-state index contributed by atoms with van der Waals surface area (Å²) in [6.45, 7) is -0.539. The molecule has 25 heavy (non-hydrogen) atoms. The predicted octanol–water partition coefficient (Wildman–Crippen LogP) is 5.31. The van der Waals surface area contributed by atoms with E-state index in [-0.39, 0.29) is 25.0 Å². The van der Waals surface area contributed by atoms with Crippen molar-refractivity contribution in [2.45, 2.75) is 43.5 Å². The SMILES string of the molecule is OCCCCc1c(C(F)(F)C(F)(F)F)cccc1C(F)(F)C(F)(F)F. The average Bonchev–Trinajstić information content (AvgIpc) is 2.44. The molecular weight excluding hydrogens is 374 g/mol. The normalized spacial score (nSPS) is 14.0. The van der Waals surface area contributed by atoms with Gasteiger partial charge in [0.2, 0.25) is 0 Å². The largest absolute Gasteiger partial charge is 0.458 e. The molecule has 0 unspecified atom stereocenters. The van der Waals surface area contributed by atoms with Crippen molar-refractivity contribution < 1.29 is 49.0 Å². The number of alkyl halides is 10. The maximum Gasteiger partial charge on any atom is 0.458 e. The number of halogens is 10. The third kappa shape index (κ3) is 4.18. The van der Waals surface area contributed by atoms with Gasteiger partial charge < -0.3 is 5.11 Å². The lowest BCUT2D eigenvalue weighted by Crippen LogP contribution is -2.38. The monoisotopic (exact) mass is 386 g/mol. The van der Waals surface area contributed by atoms with Gasteiger partial charge in [-0.25, -0.2) is 0 Å². The molecule has 0 radical (unpaired) electrons. The standard InChI is InChI=1S/C14H12F10O/c15-11(16,13(19,20)21)9-5-3-6-10(8(9)4-1-2-7-25)12(17,18)14(22,23)24/h3,5-6,25H,1-2,4,7H2. The van der Waals surface area contributed by atoms with Gasteiger partial charge in [0.15, 0.2) is 0 Å². The highest BCUT2D eigenvalue weighted by atomic mass is 19.4. The van der Waals surface area contributed by atoms with Crippen molar-refractivity contribution >= 4 is 0 Å². The number of hydrogen-bond donors (Lipinski definition) is 1. The van der Waals surface area contributed by atoms with E-state index in [9.17, 15) is 43.9 Å². The number of aliphatic hydroxyl groups is 1. The lowest BCUT2D eigenvalue weighted by molar-refractivity contribution is -0.292. The zero-order valence-corrected chi connectivity index (χ0v) is 12.3. The summed E-state index contributed by atoms with van der Waals surface area (Å²) in [6, 6.07) is 0.620. The van der Waals surface area contributed by atoms with E-state index in [0.29, 0.717) is 6.07 Å². The molecule has 144 valence electrons. The van der Waals surface area contributed by atoms with Crippen LogP contribution in [0.1, 0.15) is 29.5 Å². The van der Waals surface area contributed by atoms with E-state index in [2.05, 4.69) is 0 Å². The van der Waals surface area contributed by atoms with Gasteiger partial charge in [0.05, 0.1) is 0 Å². The first-order valence-corrected chi connectivity index (χ1v) is 6.80. The number of unbranched alkanes of at least 4 members (excludes halogenated alkanes) is 1. The molecule has 0 aliphatic rings. The number of benzene rings is 1. The summed E-state index contributed by atoms with van der Waals surface area (Å²) < 4.78 is 130. The van der Waals surface area contributed by atoms with Gasteiger partial charge in [0.1, 0.15) is 0 Å². The van der Waals surface area contributed by atoms with E-state index in [1.807, 2.05) is 0 Å². The molecule has 1 rings (SSSR count). The molecular formula is C14H12F10O. The molecule has 0 fully saturated rings. The Balaban J connectivity index is 3.62. The van der Waals surface area contributed by atoms with Crippen molar-refractivity contribution in [3.8, 4) is 0 Å². The van der Waals surface area contributed by atoms with E-state index in [1.165, 1.54) is 0 Å². The van der Waals surface area contributed by atoms with Crippen LogP contribution < -0.4 is 0 Å². The Bertz CT molecular complexity index is 544. The lowest BCUT2D eigenvalue weighted by Gasteiger charge is -2.27. The van der Waals surface area contributed by atoms with Crippen LogP contribution >= 0.6 is 0 Å². The highest BCUT2D eigenvalue weighted by Crippen LogP contribution is 2.50. The maximum atomic E-state index is 13.6. The molecule has 0 atom stereocenters. The van der Waals surface area contributed by atoms with E-state index < -0.39 is 53.9 Å². The zero-order valence-electron chi connectivity index (χ0n) is 12.3. The van der Waals surface area contributed by atoms with Crippen LogP contribution in [0.4, 0.5) is 43.9 Å². The fourth-order valence-electron chi connectivity index (χ4n) is 2.16. The Kier molecular flexibility index (Phi) is 6.03. The molecule has 0 saturated heterocycles. The second kappa shape index (κ2) is 7.00. The molecule has 0 bridgehead atoms. The molecule has 1 nitrogen and oxygen atoms in total. The van der Waals surface area contributed by atoms with Gasteiger partial charge in [-0.15, -0.1) is 0 Å². The lowest BCUT2D eigenvalue weighted by atomic mass is 9.89. The molecule has 1 aromatic rings. The van der Waals surface area contributed by atoms with Crippen LogP contribution in [0.3, 0.4) is 0 Å². The van der Waals surface area contributed by atoms with Gasteiger partial charge in [-0.3, -0.25) is 0 Å². The van der Waals surface area contributed by atoms with Crippen molar-refractivity contribution in [2.24, 2.45) is 0 Å². The minimum absolute atomic E-state index is 0.164. The van der Waals surface area contributed by atoms with Crippen LogP contribution in [0.2, 0.25) is 0 Å². The Morgan fingerprint density at radius 1 is 0.680 bits per heavy atom. The quantitative estimate of drug-likeness (QED) is 0.519. The fraction of sp³-hybridized carbons (Fsp3) is 0.571. The Labute approximate surface area is 135 Å². The molecule has 0 spiro atoms. The maximum absolute atomic E-state index is 13.6. The van der Waals surface area contributed by atoms with Gasteiger partial charge in [0.25, 0.3) is 0 Å². The Morgan fingerprint density at radius 2 is 1.08 bits per heavy atom. The molecule has 0 amide bonds.